The van der Waals surface area contributed by atoms with Crippen LogP contribution in [0.4, 0.5) is 0 Å². The number of fused-ring (bicyclic) bond motifs is 1. The van der Waals surface area contributed by atoms with E-state index in [4.69, 9.17) is 9.15 Å². The molecule has 0 bridgehead atoms. The SMILES string of the molecule is COC(=O)[C@@H](NC(=O)c1coc(CN2CCc3ccccc3C2)n1)c1ccccc1. The van der Waals surface area contributed by atoms with Crippen LogP contribution in [0.15, 0.2) is 65.3 Å². The fraction of sp³-hybridized carbons (Fsp3) is 0.261. The summed E-state index contributed by atoms with van der Waals surface area (Å²) in [6.07, 6.45) is 2.30. The van der Waals surface area contributed by atoms with Gasteiger partial charge in [-0.2, -0.15) is 0 Å². The van der Waals surface area contributed by atoms with Gasteiger partial charge >= 0.3 is 5.97 Å². The summed E-state index contributed by atoms with van der Waals surface area (Å²) in [7, 11) is 1.29. The van der Waals surface area contributed by atoms with Crippen molar-refractivity contribution < 1.29 is 18.7 Å². The topological polar surface area (TPSA) is 84.7 Å². The number of carbonyl (C=O) groups is 2. The molecule has 0 radical (unpaired) electrons. The molecule has 0 spiro atoms. The first-order valence-electron chi connectivity index (χ1n) is 9.81. The average Bonchev–Trinajstić information content (AvgIpc) is 3.26. The molecule has 154 valence electrons. The second kappa shape index (κ2) is 8.92. The Morgan fingerprint density at radius 3 is 2.63 bits per heavy atom. The van der Waals surface area contributed by atoms with Gasteiger partial charge in [0, 0.05) is 13.1 Å². The molecule has 7 heteroatoms. The van der Waals surface area contributed by atoms with E-state index in [2.05, 4.69) is 33.4 Å². The van der Waals surface area contributed by atoms with Gasteiger partial charge in [0.1, 0.15) is 6.26 Å². The summed E-state index contributed by atoms with van der Waals surface area (Å²) >= 11 is 0. The molecule has 1 atom stereocenters. The Kier molecular flexibility index (Phi) is 5.90. The van der Waals surface area contributed by atoms with Crippen molar-refractivity contribution in [1.29, 1.82) is 0 Å². The zero-order valence-electron chi connectivity index (χ0n) is 16.7. The number of rotatable bonds is 6. The number of esters is 1. The number of carbonyl (C=O) groups excluding carboxylic acids is 2. The Morgan fingerprint density at radius 2 is 1.87 bits per heavy atom. The lowest BCUT2D eigenvalue weighted by Gasteiger charge is -2.27. The molecule has 0 fully saturated rings. The predicted molar refractivity (Wildman–Crippen MR) is 109 cm³/mol. The summed E-state index contributed by atoms with van der Waals surface area (Å²) in [6.45, 7) is 2.23. The molecule has 1 aliphatic rings. The summed E-state index contributed by atoms with van der Waals surface area (Å²) in [5.41, 5.74) is 3.44. The van der Waals surface area contributed by atoms with Crippen molar-refractivity contribution in [2.45, 2.75) is 25.6 Å². The molecule has 1 N–H and O–H groups in total. The lowest BCUT2D eigenvalue weighted by molar-refractivity contribution is -0.143. The third-order valence-electron chi connectivity index (χ3n) is 5.20. The number of amides is 1. The van der Waals surface area contributed by atoms with Gasteiger partial charge in [0.25, 0.3) is 5.91 Å². The summed E-state index contributed by atoms with van der Waals surface area (Å²) in [5, 5.41) is 2.68. The number of nitrogens with zero attached hydrogens (tertiary/aromatic N) is 2. The van der Waals surface area contributed by atoms with Gasteiger partial charge < -0.3 is 14.5 Å². The van der Waals surface area contributed by atoms with E-state index in [9.17, 15) is 9.59 Å². The lowest BCUT2D eigenvalue weighted by Crippen LogP contribution is -2.34. The maximum absolute atomic E-state index is 12.7. The third kappa shape index (κ3) is 4.41. The second-order valence-corrected chi connectivity index (χ2v) is 7.20. The van der Waals surface area contributed by atoms with Crippen LogP contribution in [0.5, 0.6) is 0 Å². The highest BCUT2D eigenvalue weighted by molar-refractivity contribution is 5.95. The normalized spacial score (nSPS) is 14.6. The van der Waals surface area contributed by atoms with Crippen LogP contribution in [-0.4, -0.2) is 35.4 Å². The number of methoxy groups -OCH3 is 1. The fourth-order valence-corrected chi connectivity index (χ4v) is 3.61. The van der Waals surface area contributed by atoms with Gasteiger partial charge in [0.05, 0.1) is 13.7 Å². The molecule has 30 heavy (non-hydrogen) atoms. The molecule has 0 saturated heterocycles. The summed E-state index contributed by atoms with van der Waals surface area (Å²) < 4.78 is 10.4. The summed E-state index contributed by atoms with van der Waals surface area (Å²) in [4.78, 5) is 31.4. The average molecular weight is 405 g/mol. The van der Waals surface area contributed by atoms with E-state index in [-0.39, 0.29) is 5.69 Å². The monoisotopic (exact) mass is 405 g/mol. The highest BCUT2D eigenvalue weighted by atomic mass is 16.5. The quantitative estimate of drug-likeness (QED) is 0.635. The van der Waals surface area contributed by atoms with Crippen molar-refractivity contribution in [3.8, 4) is 0 Å². The van der Waals surface area contributed by atoms with E-state index in [1.54, 1.807) is 24.3 Å². The van der Waals surface area contributed by atoms with Crippen molar-refractivity contribution >= 4 is 11.9 Å². The molecule has 2 aromatic carbocycles. The number of nitrogens with one attached hydrogen (secondary N) is 1. The Labute approximate surface area is 174 Å². The molecule has 0 unspecified atom stereocenters. The first-order chi connectivity index (χ1) is 14.6. The van der Waals surface area contributed by atoms with Crippen LogP contribution in [0.2, 0.25) is 0 Å². The number of hydrogen-bond acceptors (Lipinski definition) is 6. The standard InChI is InChI=1S/C23H23N3O4/c1-29-23(28)21(17-8-3-2-4-9-17)25-22(27)19-15-30-20(24-19)14-26-12-11-16-7-5-6-10-18(16)13-26/h2-10,15,21H,11-14H2,1H3,(H,25,27)/t21-/m0/s1. The van der Waals surface area contributed by atoms with Crippen molar-refractivity contribution in [3.05, 3.63) is 89.1 Å². The number of ether oxygens (including phenoxy) is 1. The molecule has 0 saturated carbocycles. The zero-order chi connectivity index (χ0) is 20.9. The van der Waals surface area contributed by atoms with Gasteiger partial charge in [-0.15, -0.1) is 0 Å². The van der Waals surface area contributed by atoms with E-state index in [1.165, 1.54) is 24.5 Å². The first-order valence-corrected chi connectivity index (χ1v) is 9.81. The fourth-order valence-electron chi connectivity index (χ4n) is 3.61. The maximum atomic E-state index is 12.7. The number of hydrogen-bond donors (Lipinski definition) is 1. The number of aromatic nitrogens is 1. The second-order valence-electron chi connectivity index (χ2n) is 7.20. The molecular weight excluding hydrogens is 382 g/mol. The molecule has 3 aromatic rings. The maximum Gasteiger partial charge on any atom is 0.333 e. The smallest absolute Gasteiger partial charge is 0.333 e. The van der Waals surface area contributed by atoms with Crippen LogP contribution in [0.25, 0.3) is 0 Å². The van der Waals surface area contributed by atoms with Crippen LogP contribution in [0.1, 0.15) is 39.1 Å². The lowest BCUT2D eigenvalue weighted by atomic mass is 10.00. The van der Waals surface area contributed by atoms with E-state index in [0.29, 0.717) is 18.0 Å². The van der Waals surface area contributed by atoms with E-state index in [1.807, 2.05) is 12.1 Å². The van der Waals surface area contributed by atoms with E-state index in [0.717, 1.165) is 19.5 Å². The molecular formula is C23H23N3O4. The van der Waals surface area contributed by atoms with Gasteiger partial charge in [0.2, 0.25) is 5.89 Å². The summed E-state index contributed by atoms with van der Waals surface area (Å²) in [6, 6.07) is 16.4. The Bertz CT molecular complexity index is 1030. The van der Waals surface area contributed by atoms with Crippen molar-refractivity contribution in [1.82, 2.24) is 15.2 Å². The van der Waals surface area contributed by atoms with Crippen molar-refractivity contribution in [2.75, 3.05) is 13.7 Å². The minimum atomic E-state index is -0.914. The Hall–Kier alpha value is -3.45. The van der Waals surface area contributed by atoms with Gasteiger partial charge in [-0.25, -0.2) is 9.78 Å². The van der Waals surface area contributed by atoms with Gasteiger partial charge in [-0.05, 0) is 23.1 Å². The van der Waals surface area contributed by atoms with Crippen LogP contribution in [0.3, 0.4) is 0 Å². The molecule has 2 heterocycles. The molecule has 1 amide bonds. The van der Waals surface area contributed by atoms with Crippen molar-refractivity contribution in [2.24, 2.45) is 0 Å². The predicted octanol–water partition coefficient (Wildman–Crippen LogP) is 2.88. The molecule has 1 aromatic heterocycles. The molecule has 4 rings (SSSR count). The van der Waals surface area contributed by atoms with Gasteiger partial charge in [-0.1, -0.05) is 54.6 Å². The van der Waals surface area contributed by atoms with Gasteiger partial charge in [0.15, 0.2) is 11.7 Å². The minimum Gasteiger partial charge on any atom is -0.467 e. The number of oxazole rings is 1. The van der Waals surface area contributed by atoms with E-state index < -0.39 is 17.9 Å². The van der Waals surface area contributed by atoms with Crippen molar-refractivity contribution in [3.63, 3.8) is 0 Å². The Morgan fingerprint density at radius 1 is 1.13 bits per heavy atom. The highest BCUT2D eigenvalue weighted by Crippen LogP contribution is 2.20. The van der Waals surface area contributed by atoms with E-state index >= 15 is 0 Å². The highest BCUT2D eigenvalue weighted by Gasteiger charge is 2.26. The Balaban J connectivity index is 1.42. The first kappa shape index (κ1) is 19.8. The summed E-state index contributed by atoms with van der Waals surface area (Å²) in [5.74, 6) is -0.577. The minimum absolute atomic E-state index is 0.132. The van der Waals surface area contributed by atoms with Crippen LogP contribution < -0.4 is 5.32 Å². The zero-order valence-corrected chi connectivity index (χ0v) is 16.7. The molecule has 1 aliphatic heterocycles. The van der Waals surface area contributed by atoms with Crippen LogP contribution >= 0.6 is 0 Å². The third-order valence-corrected chi connectivity index (χ3v) is 5.20. The largest absolute Gasteiger partial charge is 0.467 e. The molecule has 0 aliphatic carbocycles. The molecule has 7 nitrogen and oxygen atoms in total. The number of benzene rings is 2. The van der Waals surface area contributed by atoms with Gasteiger partial charge in [-0.3, -0.25) is 9.69 Å². The van der Waals surface area contributed by atoms with Crippen LogP contribution in [-0.2, 0) is 29.0 Å². The van der Waals surface area contributed by atoms with Crippen LogP contribution in [0, 0.1) is 0 Å².